The van der Waals surface area contributed by atoms with E-state index in [9.17, 15) is 0 Å². The van der Waals surface area contributed by atoms with E-state index in [1.54, 1.807) is 6.33 Å². The Hall–Kier alpha value is -1.97. The molecule has 1 aromatic carbocycles. The second-order valence-corrected chi connectivity index (χ2v) is 5.90. The van der Waals surface area contributed by atoms with Gasteiger partial charge in [-0.1, -0.05) is 19.1 Å². The third-order valence-electron chi connectivity index (χ3n) is 3.11. The lowest BCUT2D eigenvalue weighted by molar-refractivity contribution is 0.317. The van der Waals surface area contributed by atoms with Crippen molar-refractivity contribution in [1.29, 1.82) is 0 Å². The van der Waals surface area contributed by atoms with Crippen LogP contribution in [0.3, 0.4) is 0 Å². The van der Waals surface area contributed by atoms with E-state index in [4.69, 9.17) is 10.5 Å². The predicted octanol–water partition coefficient (Wildman–Crippen LogP) is 3.68. The van der Waals surface area contributed by atoms with E-state index in [2.05, 4.69) is 32.7 Å². The molecule has 1 heterocycles. The van der Waals surface area contributed by atoms with E-state index in [-0.39, 0.29) is 5.54 Å². The second-order valence-electron chi connectivity index (χ2n) is 5.90. The van der Waals surface area contributed by atoms with E-state index >= 15 is 0 Å². The fraction of sp³-hybridized carbons (Fsp3) is 0.438. The molecule has 1 aromatic heterocycles. The summed E-state index contributed by atoms with van der Waals surface area (Å²) in [4.78, 5) is 4.46. The zero-order valence-electron chi connectivity index (χ0n) is 12.7. The molecule has 0 saturated heterocycles. The first-order chi connectivity index (χ1) is 9.43. The molecule has 0 radical (unpaired) electrons. The van der Waals surface area contributed by atoms with Crippen LogP contribution in [-0.4, -0.2) is 16.2 Å². The van der Waals surface area contributed by atoms with Crippen LogP contribution >= 0.6 is 0 Å². The van der Waals surface area contributed by atoms with Gasteiger partial charge in [0.25, 0.3) is 0 Å². The fourth-order valence-corrected chi connectivity index (χ4v) is 2.07. The molecule has 2 aromatic rings. The molecule has 0 amide bonds. The van der Waals surface area contributed by atoms with Crippen molar-refractivity contribution in [2.45, 2.75) is 39.7 Å². The van der Waals surface area contributed by atoms with Gasteiger partial charge in [0.15, 0.2) is 0 Å². The Bertz CT molecular complexity index is 582. The summed E-state index contributed by atoms with van der Waals surface area (Å²) in [6.45, 7) is 9.13. The number of nitrogens with zero attached hydrogens (tertiary/aromatic N) is 2. The van der Waals surface area contributed by atoms with Gasteiger partial charge in [0, 0.05) is 11.1 Å². The smallest absolute Gasteiger partial charge is 0.132 e. The van der Waals surface area contributed by atoms with E-state index in [1.165, 1.54) is 0 Å². The van der Waals surface area contributed by atoms with Crippen LogP contribution in [0.5, 0.6) is 5.75 Å². The number of aromatic nitrogens is 2. The van der Waals surface area contributed by atoms with Crippen molar-refractivity contribution in [2.24, 2.45) is 0 Å². The zero-order chi connectivity index (χ0) is 14.8. The number of hydrogen-bond donors (Lipinski definition) is 1. The quantitative estimate of drug-likeness (QED) is 0.924. The highest BCUT2D eigenvalue weighted by Crippen LogP contribution is 2.30. The summed E-state index contributed by atoms with van der Waals surface area (Å²) in [6, 6.07) is 7.91. The first kappa shape index (κ1) is 14.4. The lowest BCUT2D eigenvalue weighted by Gasteiger charge is -2.22. The topological polar surface area (TPSA) is 53.1 Å². The summed E-state index contributed by atoms with van der Waals surface area (Å²) in [5, 5.41) is 0. The zero-order valence-corrected chi connectivity index (χ0v) is 12.7. The van der Waals surface area contributed by atoms with E-state index in [0.29, 0.717) is 5.82 Å². The Morgan fingerprint density at radius 1 is 1.30 bits per heavy atom. The van der Waals surface area contributed by atoms with Crippen molar-refractivity contribution in [3.05, 3.63) is 30.6 Å². The van der Waals surface area contributed by atoms with Crippen molar-refractivity contribution in [3.63, 3.8) is 0 Å². The molecule has 4 heteroatoms. The summed E-state index contributed by atoms with van der Waals surface area (Å²) in [6.07, 6.45) is 2.79. The molecule has 108 valence electrons. The minimum Gasteiger partial charge on any atom is -0.494 e. The van der Waals surface area contributed by atoms with Gasteiger partial charge in [0.05, 0.1) is 12.9 Å². The van der Waals surface area contributed by atoms with E-state index < -0.39 is 0 Å². The molecule has 4 nitrogen and oxygen atoms in total. The van der Waals surface area contributed by atoms with Crippen molar-refractivity contribution >= 4 is 5.82 Å². The standard InChI is InChI=1S/C16H23N3O/c1-5-9-20-13-8-6-7-12(10-13)14-15(17)19(11-18-14)16(2,3)4/h6-8,10-11H,5,9,17H2,1-4H3. The maximum Gasteiger partial charge on any atom is 0.132 e. The summed E-state index contributed by atoms with van der Waals surface area (Å²) in [5.74, 6) is 1.54. The average Bonchev–Trinajstić information content (AvgIpc) is 2.78. The van der Waals surface area contributed by atoms with Crippen LogP contribution in [0, 0.1) is 0 Å². The molecule has 0 unspecified atom stereocenters. The molecular weight excluding hydrogens is 250 g/mol. The number of imidazole rings is 1. The molecular formula is C16H23N3O. The van der Waals surface area contributed by atoms with Gasteiger partial charge in [0.1, 0.15) is 17.3 Å². The lowest BCUT2D eigenvalue weighted by atomic mass is 10.1. The second kappa shape index (κ2) is 5.57. The molecule has 0 aliphatic heterocycles. The molecule has 0 aliphatic rings. The van der Waals surface area contributed by atoms with Crippen LogP contribution in [0.15, 0.2) is 30.6 Å². The summed E-state index contributed by atoms with van der Waals surface area (Å²) >= 11 is 0. The molecule has 20 heavy (non-hydrogen) atoms. The molecule has 0 spiro atoms. The third-order valence-corrected chi connectivity index (χ3v) is 3.11. The maximum absolute atomic E-state index is 6.23. The average molecular weight is 273 g/mol. The van der Waals surface area contributed by atoms with Crippen LogP contribution in [0.4, 0.5) is 5.82 Å². The highest BCUT2D eigenvalue weighted by molar-refractivity contribution is 5.71. The van der Waals surface area contributed by atoms with Gasteiger partial charge in [0.2, 0.25) is 0 Å². The highest BCUT2D eigenvalue weighted by Gasteiger charge is 2.19. The molecule has 0 saturated carbocycles. The number of hydrogen-bond acceptors (Lipinski definition) is 3. The highest BCUT2D eigenvalue weighted by atomic mass is 16.5. The third kappa shape index (κ3) is 2.95. The van der Waals surface area contributed by atoms with Crippen LogP contribution in [-0.2, 0) is 5.54 Å². The molecule has 2 N–H and O–H groups in total. The minimum atomic E-state index is -0.0777. The van der Waals surface area contributed by atoms with Gasteiger partial charge >= 0.3 is 0 Å². The Kier molecular flexibility index (Phi) is 4.02. The van der Waals surface area contributed by atoms with Crippen molar-refractivity contribution in [2.75, 3.05) is 12.3 Å². The van der Waals surface area contributed by atoms with Crippen LogP contribution in [0.2, 0.25) is 0 Å². The van der Waals surface area contributed by atoms with Crippen LogP contribution < -0.4 is 10.5 Å². The van der Waals surface area contributed by atoms with Crippen LogP contribution in [0.1, 0.15) is 34.1 Å². The van der Waals surface area contributed by atoms with E-state index in [1.807, 2.05) is 28.8 Å². The fourth-order valence-electron chi connectivity index (χ4n) is 2.07. The number of ether oxygens (including phenoxy) is 1. The van der Waals surface area contributed by atoms with Gasteiger partial charge < -0.3 is 15.0 Å². The van der Waals surface area contributed by atoms with E-state index in [0.717, 1.165) is 30.0 Å². The summed E-state index contributed by atoms with van der Waals surface area (Å²) in [7, 11) is 0. The number of rotatable bonds is 4. The van der Waals surface area contributed by atoms with Gasteiger partial charge in [-0.2, -0.15) is 0 Å². The maximum atomic E-state index is 6.23. The van der Waals surface area contributed by atoms with Crippen molar-refractivity contribution < 1.29 is 4.74 Å². The van der Waals surface area contributed by atoms with Gasteiger partial charge in [-0.25, -0.2) is 4.98 Å². The molecule has 0 fully saturated rings. The Morgan fingerprint density at radius 3 is 2.65 bits per heavy atom. The predicted molar refractivity (Wildman–Crippen MR) is 82.9 cm³/mol. The number of anilines is 1. The Balaban J connectivity index is 2.35. The summed E-state index contributed by atoms with van der Waals surface area (Å²) in [5.41, 5.74) is 7.95. The SMILES string of the molecule is CCCOc1cccc(-c2ncn(C(C)(C)C)c2N)c1. The number of nitrogen functional groups attached to an aromatic ring is 1. The lowest BCUT2D eigenvalue weighted by Crippen LogP contribution is -2.22. The number of nitrogens with two attached hydrogens (primary N) is 1. The Labute approximate surface area is 120 Å². The van der Waals surface area contributed by atoms with Crippen molar-refractivity contribution in [3.8, 4) is 17.0 Å². The van der Waals surface area contributed by atoms with Crippen molar-refractivity contribution in [1.82, 2.24) is 9.55 Å². The monoisotopic (exact) mass is 273 g/mol. The molecule has 0 bridgehead atoms. The normalized spacial score (nSPS) is 11.6. The first-order valence-electron chi connectivity index (χ1n) is 7.00. The molecule has 0 aliphatic carbocycles. The molecule has 2 rings (SSSR count). The van der Waals surface area contributed by atoms with Crippen LogP contribution in [0.25, 0.3) is 11.3 Å². The first-order valence-corrected chi connectivity index (χ1v) is 7.00. The van der Waals surface area contributed by atoms with Gasteiger partial charge in [-0.3, -0.25) is 0 Å². The summed E-state index contributed by atoms with van der Waals surface area (Å²) < 4.78 is 7.64. The van der Waals surface area contributed by atoms with Gasteiger partial charge in [-0.15, -0.1) is 0 Å². The largest absolute Gasteiger partial charge is 0.494 e. The van der Waals surface area contributed by atoms with Gasteiger partial charge in [-0.05, 0) is 39.3 Å². The number of benzene rings is 1. The molecule has 0 atom stereocenters. The minimum absolute atomic E-state index is 0.0777. The Morgan fingerprint density at radius 2 is 2.05 bits per heavy atom.